The largest absolute Gasteiger partial charge is 0.376 e. The molecule has 1 aromatic heterocycles. The van der Waals surface area contributed by atoms with E-state index in [2.05, 4.69) is 10.3 Å². The molecule has 1 N–H and O–H groups in total. The Morgan fingerprint density at radius 1 is 1.26 bits per heavy atom. The molecular weight excluding hydrogens is 290 g/mol. The van der Waals surface area contributed by atoms with Gasteiger partial charge in [0.25, 0.3) is 0 Å². The van der Waals surface area contributed by atoms with Gasteiger partial charge in [0.1, 0.15) is 0 Å². The number of nitrogens with one attached hydrogen (secondary N) is 1. The molecule has 1 fully saturated rings. The number of ether oxygens (including phenoxy) is 1. The number of para-hydroxylation sites is 1. The SMILES string of the molecule is O=C(Nc1ccccc1)N(Cc1cccnc1)C[C@@H]1CCCO1. The number of rotatable bonds is 5. The smallest absolute Gasteiger partial charge is 0.322 e. The third kappa shape index (κ3) is 4.53. The lowest BCUT2D eigenvalue weighted by molar-refractivity contribution is 0.0819. The molecule has 0 saturated carbocycles. The van der Waals surface area contributed by atoms with Gasteiger partial charge in [0, 0.05) is 37.8 Å². The van der Waals surface area contributed by atoms with E-state index < -0.39 is 0 Å². The summed E-state index contributed by atoms with van der Waals surface area (Å²) in [6, 6.07) is 13.2. The highest BCUT2D eigenvalue weighted by atomic mass is 16.5. The molecular formula is C18H21N3O2. The number of anilines is 1. The summed E-state index contributed by atoms with van der Waals surface area (Å²) in [5.74, 6) is 0. The van der Waals surface area contributed by atoms with Crippen molar-refractivity contribution in [3.8, 4) is 0 Å². The van der Waals surface area contributed by atoms with Crippen molar-refractivity contribution in [1.82, 2.24) is 9.88 Å². The zero-order valence-corrected chi connectivity index (χ0v) is 13.0. The van der Waals surface area contributed by atoms with E-state index in [-0.39, 0.29) is 12.1 Å². The molecule has 1 aromatic carbocycles. The quantitative estimate of drug-likeness (QED) is 0.922. The molecule has 0 unspecified atom stereocenters. The molecule has 0 spiro atoms. The second-order valence-electron chi connectivity index (χ2n) is 5.67. The molecule has 1 aliphatic heterocycles. The van der Waals surface area contributed by atoms with Gasteiger partial charge in [0.05, 0.1) is 6.10 Å². The van der Waals surface area contributed by atoms with Gasteiger partial charge in [-0.2, -0.15) is 0 Å². The molecule has 5 nitrogen and oxygen atoms in total. The highest BCUT2D eigenvalue weighted by molar-refractivity contribution is 5.89. The number of aromatic nitrogens is 1. The highest BCUT2D eigenvalue weighted by Gasteiger charge is 2.23. The van der Waals surface area contributed by atoms with E-state index in [4.69, 9.17) is 4.74 Å². The highest BCUT2D eigenvalue weighted by Crippen LogP contribution is 2.16. The van der Waals surface area contributed by atoms with Gasteiger partial charge in [0.2, 0.25) is 0 Å². The van der Waals surface area contributed by atoms with Crippen molar-refractivity contribution in [3.63, 3.8) is 0 Å². The van der Waals surface area contributed by atoms with Gasteiger partial charge in [-0.05, 0) is 36.6 Å². The number of amides is 2. The molecule has 1 saturated heterocycles. The van der Waals surface area contributed by atoms with E-state index in [1.807, 2.05) is 42.5 Å². The van der Waals surface area contributed by atoms with E-state index in [1.165, 1.54) is 0 Å². The van der Waals surface area contributed by atoms with Crippen molar-refractivity contribution < 1.29 is 9.53 Å². The van der Waals surface area contributed by atoms with Crippen LogP contribution in [-0.4, -0.2) is 35.2 Å². The fourth-order valence-corrected chi connectivity index (χ4v) is 2.69. The topological polar surface area (TPSA) is 54.5 Å². The van der Waals surface area contributed by atoms with Gasteiger partial charge >= 0.3 is 6.03 Å². The molecule has 0 bridgehead atoms. The van der Waals surface area contributed by atoms with Crippen LogP contribution in [0, 0.1) is 0 Å². The summed E-state index contributed by atoms with van der Waals surface area (Å²) < 4.78 is 5.68. The Balaban J connectivity index is 1.69. The van der Waals surface area contributed by atoms with Crippen LogP contribution < -0.4 is 5.32 Å². The Labute approximate surface area is 136 Å². The fourth-order valence-electron chi connectivity index (χ4n) is 2.69. The monoisotopic (exact) mass is 311 g/mol. The van der Waals surface area contributed by atoms with E-state index >= 15 is 0 Å². The van der Waals surface area contributed by atoms with Crippen LogP contribution in [0.15, 0.2) is 54.9 Å². The third-order valence-electron chi connectivity index (χ3n) is 3.86. The van der Waals surface area contributed by atoms with Crippen molar-refractivity contribution in [2.24, 2.45) is 0 Å². The first-order valence-electron chi connectivity index (χ1n) is 7.93. The van der Waals surface area contributed by atoms with Crippen LogP contribution in [0.4, 0.5) is 10.5 Å². The first-order chi connectivity index (χ1) is 11.3. The van der Waals surface area contributed by atoms with Crippen LogP contribution >= 0.6 is 0 Å². The number of urea groups is 1. The Hall–Kier alpha value is -2.40. The number of pyridine rings is 1. The summed E-state index contributed by atoms with van der Waals surface area (Å²) in [5, 5.41) is 2.95. The van der Waals surface area contributed by atoms with E-state index in [0.717, 1.165) is 30.7 Å². The van der Waals surface area contributed by atoms with Crippen molar-refractivity contribution in [2.75, 3.05) is 18.5 Å². The predicted molar refractivity (Wildman–Crippen MR) is 89.1 cm³/mol. The number of nitrogens with zero attached hydrogens (tertiary/aromatic N) is 2. The van der Waals surface area contributed by atoms with Crippen LogP contribution in [0.1, 0.15) is 18.4 Å². The van der Waals surface area contributed by atoms with Crippen molar-refractivity contribution in [1.29, 1.82) is 0 Å². The number of carbonyl (C=O) groups is 1. The molecule has 1 atom stereocenters. The minimum Gasteiger partial charge on any atom is -0.376 e. The van der Waals surface area contributed by atoms with Crippen LogP contribution in [0.5, 0.6) is 0 Å². The maximum atomic E-state index is 12.6. The molecule has 120 valence electrons. The average molecular weight is 311 g/mol. The summed E-state index contributed by atoms with van der Waals surface area (Å²) in [5.41, 5.74) is 1.80. The standard InChI is InChI=1S/C18H21N3O2/c22-18(20-16-7-2-1-3-8-16)21(14-17-9-5-11-23-17)13-15-6-4-10-19-12-15/h1-4,6-8,10,12,17H,5,9,11,13-14H2,(H,20,22)/t17-/m0/s1. The zero-order valence-electron chi connectivity index (χ0n) is 13.0. The minimum atomic E-state index is -0.115. The lowest BCUT2D eigenvalue weighted by Gasteiger charge is -2.25. The summed E-state index contributed by atoms with van der Waals surface area (Å²) in [7, 11) is 0. The van der Waals surface area contributed by atoms with Gasteiger partial charge in [-0.1, -0.05) is 24.3 Å². The molecule has 5 heteroatoms. The molecule has 23 heavy (non-hydrogen) atoms. The number of carbonyl (C=O) groups excluding carboxylic acids is 1. The lowest BCUT2D eigenvalue weighted by atomic mass is 10.2. The van der Waals surface area contributed by atoms with Crippen LogP contribution in [-0.2, 0) is 11.3 Å². The summed E-state index contributed by atoms with van der Waals surface area (Å²) in [6.45, 7) is 1.89. The Morgan fingerprint density at radius 3 is 2.83 bits per heavy atom. The van der Waals surface area contributed by atoms with Gasteiger partial charge < -0.3 is 15.0 Å². The van der Waals surface area contributed by atoms with Gasteiger partial charge in [-0.3, -0.25) is 4.98 Å². The molecule has 1 aliphatic rings. The number of benzene rings is 1. The second kappa shape index (κ2) is 7.74. The normalized spacial score (nSPS) is 17.0. The first kappa shape index (κ1) is 15.5. The summed E-state index contributed by atoms with van der Waals surface area (Å²) in [6.07, 6.45) is 5.71. The van der Waals surface area contributed by atoms with Gasteiger partial charge in [-0.25, -0.2) is 4.79 Å². The maximum Gasteiger partial charge on any atom is 0.322 e. The van der Waals surface area contributed by atoms with Crippen molar-refractivity contribution in [3.05, 3.63) is 60.4 Å². The second-order valence-corrected chi connectivity index (χ2v) is 5.67. The Kier molecular flexibility index (Phi) is 5.21. The van der Waals surface area contributed by atoms with E-state index in [0.29, 0.717) is 13.1 Å². The van der Waals surface area contributed by atoms with Crippen molar-refractivity contribution >= 4 is 11.7 Å². The van der Waals surface area contributed by atoms with Gasteiger partial charge in [0.15, 0.2) is 0 Å². The van der Waals surface area contributed by atoms with Crippen LogP contribution in [0.25, 0.3) is 0 Å². The maximum absolute atomic E-state index is 12.6. The molecule has 2 heterocycles. The lowest BCUT2D eigenvalue weighted by Crippen LogP contribution is -2.39. The first-order valence-corrected chi connectivity index (χ1v) is 7.93. The molecule has 2 amide bonds. The minimum absolute atomic E-state index is 0.115. The molecule has 0 radical (unpaired) electrons. The van der Waals surface area contributed by atoms with E-state index in [9.17, 15) is 4.79 Å². The molecule has 2 aromatic rings. The Morgan fingerprint density at radius 2 is 2.13 bits per heavy atom. The molecule has 0 aliphatic carbocycles. The Bertz CT molecular complexity index is 613. The third-order valence-corrected chi connectivity index (χ3v) is 3.86. The van der Waals surface area contributed by atoms with Gasteiger partial charge in [-0.15, -0.1) is 0 Å². The number of hydrogen-bond donors (Lipinski definition) is 1. The summed E-state index contributed by atoms with van der Waals surface area (Å²) in [4.78, 5) is 18.6. The van der Waals surface area contributed by atoms with Crippen LogP contribution in [0.2, 0.25) is 0 Å². The fraction of sp³-hybridized carbons (Fsp3) is 0.333. The predicted octanol–water partition coefficient (Wildman–Crippen LogP) is 3.29. The van der Waals surface area contributed by atoms with E-state index in [1.54, 1.807) is 17.3 Å². The van der Waals surface area contributed by atoms with Crippen molar-refractivity contribution in [2.45, 2.75) is 25.5 Å². The zero-order chi connectivity index (χ0) is 15.9. The molecule has 3 rings (SSSR count). The average Bonchev–Trinajstić information content (AvgIpc) is 3.09. The van der Waals surface area contributed by atoms with Crippen LogP contribution in [0.3, 0.4) is 0 Å². The number of hydrogen-bond acceptors (Lipinski definition) is 3. The summed E-state index contributed by atoms with van der Waals surface area (Å²) >= 11 is 0.